The van der Waals surface area contributed by atoms with Crippen molar-refractivity contribution in [2.24, 2.45) is 0 Å². The number of carbonyl (C=O) groups is 3. The zero-order valence-corrected chi connectivity index (χ0v) is 30.2. The van der Waals surface area contributed by atoms with Gasteiger partial charge in [-0.1, -0.05) is 41.5 Å². The fraction of sp³-hybridized carbons (Fsp3) is 0.405. The predicted octanol–water partition coefficient (Wildman–Crippen LogP) is 5.26. The number of hydrogen-bond acceptors (Lipinski definition) is 11. The molecule has 0 saturated carbocycles. The lowest BCUT2D eigenvalue weighted by molar-refractivity contribution is -0.135. The van der Waals surface area contributed by atoms with E-state index in [1.807, 2.05) is 13.0 Å². The Morgan fingerprint density at radius 3 is 2.75 bits per heavy atom. The first-order chi connectivity index (χ1) is 24.7. The van der Waals surface area contributed by atoms with Gasteiger partial charge >= 0.3 is 12.2 Å². The number of rotatable bonds is 4. The number of hydrogen-bond donors (Lipinski definition) is 4. The van der Waals surface area contributed by atoms with E-state index in [0.717, 1.165) is 16.5 Å². The van der Waals surface area contributed by atoms with E-state index in [0.29, 0.717) is 34.7 Å². The number of carbonyl (C=O) groups excluding carboxylic acids is 3. The van der Waals surface area contributed by atoms with Crippen molar-refractivity contribution in [3.8, 4) is 5.75 Å². The molecule has 2 saturated heterocycles. The summed E-state index contributed by atoms with van der Waals surface area (Å²) in [6.45, 7) is 3.64. The molecule has 0 radical (unpaired) electrons. The summed E-state index contributed by atoms with van der Waals surface area (Å²) >= 11 is 6.74. The van der Waals surface area contributed by atoms with E-state index in [2.05, 4.69) is 15.6 Å². The van der Waals surface area contributed by atoms with Gasteiger partial charge in [0.1, 0.15) is 34.7 Å². The number of allylic oxidation sites excluding steroid dienone is 3. The molecule has 3 aromatic rings. The minimum atomic E-state index is -1.80. The highest BCUT2D eigenvalue weighted by Crippen LogP contribution is 2.47. The standard InChI is InChI=1S/C37H42ClN5O9/c1-20-7-6-8-29(49-5)37(47)18-25(50-35(46)42-37)16-31-36(2,52-31)30(17-32(44)43(3)27-12-21(11-20)13-28(48-4)33(27)38)51-34(45)41-24-14-22-9-10-23(39)15-26(22)40-19-24/h6-10,12-15,19,25,29-31,47H,11,16-18,39H2,1-5H3,(H,41,45)(H,42,46)/b8-6+,20-7+/t25-,29-,30+,31+,36+,37+/m1/s1. The van der Waals surface area contributed by atoms with Gasteiger partial charge in [0.2, 0.25) is 5.91 Å². The van der Waals surface area contributed by atoms with Crippen LogP contribution in [0.3, 0.4) is 0 Å². The van der Waals surface area contributed by atoms with Crippen molar-refractivity contribution < 1.29 is 43.2 Å². The van der Waals surface area contributed by atoms with Gasteiger partial charge < -0.3 is 39.4 Å². The number of nitrogen functional groups attached to an aromatic ring is 1. The van der Waals surface area contributed by atoms with Crippen LogP contribution in [-0.2, 0) is 30.2 Å². The summed E-state index contributed by atoms with van der Waals surface area (Å²) < 4.78 is 28.8. The fourth-order valence-corrected chi connectivity index (χ4v) is 7.05. The van der Waals surface area contributed by atoms with E-state index in [9.17, 15) is 19.5 Å². The Hall–Kier alpha value is -4.89. The van der Waals surface area contributed by atoms with Gasteiger partial charge in [-0.05, 0) is 56.2 Å². The molecule has 15 heteroatoms. The molecule has 6 rings (SSSR count). The average molecular weight is 736 g/mol. The molecule has 0 unspecified atom stereocenters. The molecule has 1 aromatic heterocycles. The summed E-state index contributed by atoms with van der Waals surface area (Å²) in [6.07, 6.45) is 1.91. The normalized spacial score (nSPS) is 29.5. The number of ether oxygens (including phenoxy) is 5. The van der Waals surface area contributed by atoms with Crippen molar-refractivity contribution >= 4 is 57.7 Å². The van der Waals surface area contributed by atoms with Crippen LogP contribution in [-0.4, -0.2) is 85.2 Å². The van der Waals surface area contributed by atoms with Crippen molar-refractivity contribution in [1.29, 1.82) is 0 Å². The van der Waals surface area contributed by atoms with Gasteiger partial charge in [0.15, 0.2) is 5.72 Å². The second-order valence-corrected chi connectivity index (χ2v) is 13.9. The Morgan fingerprint density at radius 1 is 1.21 bits per heavy atom. The van der Waals surface area contributed by atoms with Crippen LogP contribution in [0, 0.1) is 0 Å². The first kappa shape index (κ1) is 36.9. The molecule has 0 aliphatic carbocycles. The van der Waals surface area contributed by atoms with Crippen LogP contribution in [0.25, 0.3) is 10.9 Å². The molecule has 14 nitrogen and oxygen atoms in total. The van der Waals surface area contributed by atoms with Gasteiger partial charge in [0.25, 0.3) is 0 Å². The maximum absolute atomic E-state index is 14.0. The third kappa shape index (κ3) is 7.80. The average Bonchev–Trinajstić information content (AvgIpc) is 3.75. The summed E-state index contributed by atoms with van der Waals surface area (Å²) in [5, 5.41) is 17.8. The van der Waals surface area contributed by atoms with Crippen LogP contribution in [0.5, 0.6) is 5.75 Å². The van der Waals surface area contributed by atoms with E-state index >= 15 is 0 Å². The summed E-state index contributed by atoms with van der Waals surface area (Å²) in [5.41, 5.74) is 6.63. The number of nitrogens with zero attached hydrogens (tertiary/aromatic N) is 2. The van der Waals surface area contributed by atoms with Crippen LogP contribution in [0.15, 0.2) is 66.4 Å². The van der Waals surface area contributed by atoms with Crippen LogP contribution in [0.2, 0.25) is 5.02 Å². The minimum Gasteiger partial charge on any atom is -0.495 e. The van der Waals surface area contributed by atoms with Crippen molar-refractivity contribution in [1.82, 2.24) is 10.3 Å². The van der Waals surface area contributed by atoms with Crippen LogP contribution in [0.1, 0.15) is 38.7 Å². The van der Waals surface area contributed by atoms with Gasteiger partial charge in [-0.15, -0.1) is 0 Å². The molecule has 52 heavy (non-hydrogen) atoms. The summed E-state index contributed by atoms with van der Waals surface area (Å²) in [6, 6.07) is 10.5. The largest absolute Gasteiger partial charge is 0.495 e. The molecule has 5 N–H and O–H groups in total. The number of epoxide rings is 1. The topological polar surface area (TPSA) is 187 Å². The smallest absolute Gasteiger partial charge is 0.412 e. The number of aromatic nitrogens is 1. The Kier molecular flexibility index (Phi) is 10.4. The van der Waals surface area contributed by atoms with Gasteiger partial charge in [-0.3, -0.25) is 20.4 Å². The molecular weight excluding hydrogens is 694 g/mol. The van der Waals surface area contributed by atoms with Crippen molar-refractivity contribution in [3.63, 3.8) is 0 Å². The molecular formula is C37H42ClN5O9. The third-order valence-corrected chi connectivity index (χ3v) is 10.1. The van der Waals surface area contributed by atoms with Gasteiger partial charge in [0.05, 0.1) is 42.7 Å². The SMILES string of the molecule is COc1cc2cc(c1Cl)N(C)C(=O)C[C@H](OC(=O)Nc1cnc3cc(N)ccc3c1)[C@]1(C)O[C@H]1C[C@@H]1C[C@@](O)(NC(=O)O1)[C@H](OC)/C=C/C=C(\C)C2. The molecule has 0 spiro atoms. The Bertz CT molecular complexity index is 1960. The number of benzene rings is 2. The van der Waals surface area contributed by atoms with E-state index < -0.39 is 53.8 Å². The number of alkyl carbamates (subject to hydrolysis) is 1. The Labute approximate surface area is 305 Å². The Balaban J connectivity index is 1.33. The highest BCUT2D eigenvalue weighted by Gasteiger charge is 2.61. The highest BCUT2D eigenvalue weighted by molar-refractivity contribution is 6.35. The molecule has 6 atom stereocenters. The molecule has 3 aliphatic rings. The zero-order chi connectivity index (χ0) is 37.4. The number of methoxy groups -OCH3 is 2. The van der Waals surface area contributed by atoms with E-state index in [-0.39, 0.29) is 24.3 Å². The number of amides is 3. The molecule has 2 aromatic carbocycles. The minimum absolute atomic E-state index is 0.0291. The fourth-order valence-electron chi connectivity index (χ4n) is 6.73. The molecule has 4 bridgehead atoms. The van der Waals surface area contributed by atoms with Gasteiger partial charge in [0, 0.05) is 38.1 Å². The number of pyridine rings is 1. The number of nitrogens with one attached hydrogen (secondary N) is 2. The number of halogens is 1. The first-order valence-electron chi connectivity index (χ1n) is 16.7. The van der Waals surface area contributed by atoms with E-state index in [4.69, 9.17) is 41.0 Å². The molecule has 4 heterocycles. The second-order valence-electron chi connectivity index (χ2n) is 13.5. The summed E-state index contributed by atoms with van der Waals surface area (Å²) in [4.78, 5) is 45.9. The van der Waals surface area contributed by atoms with E-state index in [1.165, 1.54) is 25.3 Å². The number of aliphatic hydroxyl groups is 1. The molecule has 3 aliphatic heterocycles. The van der Waals surface area contributed by atoms with Crippen molar-refractivity contribution in [2.75, 3.05) is 37.2 Å². The number of anilines is 3. The second kappa shape index (κ2) is 14.6. The quantitative estimate of drug-likeness (QED) is 0.202. The summed E-state index contributed by atoms with van der Waals surface area (Å²) in [7, 11) is 4.51. The highest BCUT2D eigenvalue weighted by atomic mass is 35.5. The van der Waals surface area contributed by atoms with Crippen LogP contribution in [0.4, 0.5) is 26.7 Å². The molecule has 3 amide bonds. The maximum atomic E-state index is 14.0. The van der Waals surface area contributed by atoms with Gasteiger partial charge in [-0.2, -0.15) is 0 Å². The van der Waals surface area contributed by atoms with Crippen LogP contribution < -0.4 is 26.0 Å². The van der Waals surface area contributed by atoms with Gasteiger partial charge in [-0.25, -0.2) is 9.59 Å². The summed E-state index contributed by atoms with van der Waals surface area (Å²) in [5.74, 6) is -0.0396. The van der Waals surface area contributed by atoms with Crippen molar-refractivity contribution in [3.05, 3.63) is 77.0 Å². The van der Waals surface area contributed by atoms with Crippen LogP contribution >= 0.6 is 11.6 Å². The Morgan fingerprint density at radius 2 is 2.00 bits per heavy atom. The first-order valence-corrected chi connectivity index (χ1v) is 17.1. The predicted molar refractivity (Wildman–Crippen MR) is 194 cm³/mol. The third-order valence-electron chi connectivity index (χ3n) is 9.70. The lowest BCUT2D eigenvalue weighted by atomic mass is 9.90. The van der Waals surface area contributed by atoms with E-state index in [1.54, 1.807) is 62.5 Å². The monoisotopic (exact) mass is 735 g/mol. The number of nitrogens with two attached hydrogens (primary N) is 1. The number of fused-ring (bicyclic) bond motifs is 6. The maximum Gasteiger partial charge on any atom is 0.412 e. The van der Waals surface area contributed by atoms with Crippen molar-refractivity contribution in [2.45, 2.75) is 75.3 Å². The zero-order valence-electron chi connectivity index (χ0n) is 29.5. The lowest BCUT2D eigenvalue weighted by Gasteiger charge is -2.40. The lowest BCUT2D eigenvalue weighted by Crippen LogP contribution is -2.62. The molecule has 2 fully saturated rings. The molecule has 276 valence electrons.